The molecule has 0 aliphatic carbocycles. The Kier molecular flexibility index (Phi) is 6.91. The molecule has 2 N–H and O–H groups in total. The molecule has 1 aromatic carbocycles. The van der Waals surface area contributed by atoms with Gasteiger partial charge in [-0.15, -0.1) is 0 Å². The molecule has 1 aliphatic rings. The molecule has 1 amide bonds. The summed E-state index contributed by atoms with van der Waals surface area (Å²) < 4.78 is 19.4. The Morgan fingerprint density at radius 1 is 1.19 bits per heavy atom. The number of aryl methyl sites for hydroxylation is 2. The normalized spacial score (nSPS) is 15.2. The molecule has 5 rings (SSSR count). The van der Waals surface area contributed by atoms with Gasteiger partial charge in [0, 0.05) is 25.9 Å². The summed E-state index contributed by atoms with van der Waals surface area (Å²) in [5, 5.41) is 12.1. The van der Waals surface area contributed by atoms with Crippen LogP contribution in [0.1, 0.15) is 28.8 Å². The lowest BCUT2D eigenvalue weighted by molar-refractivity contribution is 0.0856. The maximum absolute atomic E-state index is 13.4. The Labute approximate surface area is 212 Å². The van der Waals surface area contributed by atoms with Crippen LogP contribution in [-0.4, -0.2) is 53.3 Å². The zero-order chi connectivity index (χ0) is 25.9. The summed E-state index contributed by atoms with van der Waals surface area (Å²) in [6.07, 6.45) is 3.97. The van der Waals surface area contributed by atoms with Crippen LogP contribution in [0.2, 0.25) is 0 Å². The summed E-state index contributed by atoms with van der Waals surface area (Å²) in [7, 11) is 3.16. The van der Waals surface area contributed by atoms with E-state index in [4.69, 9.17) is 24.6 Å². The molecule has 1 aliphatic heterocycles. The van der Waals surface area contributed by atoms with Gasteiger partial charge in [0.15, 0.2) is 11.5 Å². The number of rotatable bonds is 8. The highest BCUT2D eigenvalue weighted by atomic mass is 16.5. The van der Waals surface area contributed by atoms with Crippen molar-refractivity contribution in [3.8, 4) is 11.5 Å². The van der Waals surface area contributed by atoms with E-state index >= 15 is 0 Å². The van der Waals surface area contributed by atoms with Gasteiger partial charge in [0.1, 0.15) is 16.8 Å². The van der Waals surface area contributed by atoms with Crippen molar-refractivity contribution in [2.75, 3.05) is 27.4 Å². The number of nitrogens with one attached hydrogen (secondary N) is 2. The van der Waals surface area contributed by atoms with Gasteiger partial charge in [-0.1, -0.05) is 12.1 Å². The predicted octanol–water partition coefficient (Wildman–Crippen LogP) is 2.30. The van der Waals surface area contributed by atoms with E-state index in [9.17, 15) is 9.59 Å². The van der Waals surface area contributed by atoms with Crippen LogP contribution in [-0.2, 0) is 17.7 Å². The SMILES string of the molecule is COc1ccc(CCn2c(=N)c(C(=O)NC[C@H]3CCCO3)cc3c(=O)n4ccccc4nc32)cc1OC. The second kappa shape index (κ2) is 10.4. The van der Waals surface area contributed by atoms with Gasteiger partial charge in [-0.2, -0.15) is 0 Å². The first-order valence-electron chi connectivity index (χ1n) is 12.2. The third-order valence-corrected chi connectivity index (χ3v) is 6.65. The molecule has 37 heavy (non-hydrogen) atoms. The number of methoxy groups -OCH3 is 2. The Balaban J connectivity index is 1.57. The fourth-order valence-electron chi connectivity index (χ4n) is 4.66. The zero-order valence-electron chi connectivity index (χ0n) is 20.8. The average Bonchev–Trinajstić information content (AvgIpc) is 3.45. The molecular weight excluding hydrogens is 474 g/mol. The number of pyridine rings is 2. The molecule has 192 valence electrons. The molecule has 1 atom stereocenters. The average molecular weight is 504 g/mol. The van der Waals surface area contributed by atoms with Gasteiger partial charge in [0.05, 0.1) is 31.3 Å². The van der Waals surface area contributed by atoms with E-state index in [2.05, 4.69) is 5.32 Å². The number of aromatic nitrogens is 3. The molecule has 4 aromatic rings. The van der Waals surface area contributed by atoms with E-state index < -0.39 is 5.91 Å². The number of hydrogen-bond donors (Lipinski definition) is 2. The van der Waals surface area contributed by atoms with Crippen LogP contribution in [0.25, 0.3) is 16.7 Å². The lowest BCUT2D eigenvalue weighted by Gasteiger charge is -2.16. The Bertz CT molecular complexity index is 1590. The summed E-state index contributed by atoms with van der Waals surface area (Å²) in [4.78, 5) is 31.2. The van der Waals surface area contributed by atoms with Gasteiger partial charge in [0.25, 0.3) is 11.5 Å². The number of carbonyl (C=O) groups is 1. The highest BCUT2D eigenvalue weighted by molar-refractivity contribution is 5.96. The van der Waals surface area contributed by atoms with Crippen molar-refractivity contribution < 1.29 is 19.0 Å². The molecular formula is C27H29N5O5. The van der Waals surface area contributed by atoms with E-state index in [1.165, 1.54) is 10.5 Å². The molecule has 0 spiro atoms. The molecule has 4 heterocycles. The molecule has 1 saturated heterocycles. The summed E-state index contributed by atoms with van der Waals surface area (Å²) >= 11 is 0. The third-order valence-electron chi connectivity index (χ3n) is 6.65. The van der Waals surface area contributed by atoms with Crippen molar-refractivity contribution in [3.05, 3.63) is 75.6 Å². The first kappa shape index (κ1) is 24.5. The number of ether oxygens (including phenoxy) is 3. The van der Waals surface area contributed by atoms with Gasteiger partial charge in [-0.3, -0.25) is 19.4 Å². The number of amides is 1. The minimum atomic E-state index is -0.417. The lowest BCUT2D eigenvalue weighted by Crippen LogP contribution is -2.38. The summed E-state index contributed by atoms with van der Waals surface area (Å²) in [5.41, 5.74) is 1.59. The highest BCUT2D eigenvalue weighted by Gasteiger charge is 2.20. The first-order chi connectivity index (χ1) is 18.0. The van der Waals surface area contributed by atoms with Crippen LogP contribution in [0, 0.1) is 5.41 Å². The number of hydrogen-bond acceptors (Lipinski definition) is 7. The van der Waals surface area contributed by atoms with Gasteiger partial charge in [-0.25, -0.2) is 4.98 Å². The molecule has 0 radical (unpaired) electrons. The standard InChI is InChI=1S/C27H29N5O5/c1-35-21-9-8-17(14-22(21)36-2)10-12-32-24(28)19(26(33)29-16-18-6-5-13-37-18)15-20-25(32)30-23-7-3-4-11-31(23)27(20)34/h3-4,7-9,11,14-15,18,28H,5-6,10,12-13,16H2,1-2H3,(H,29,33)/t18-/m1/s1. The highest BCUT2D eigenvalue weighted by Crippen LogP contribution is 2.28. The molecule has 1 fully saturated rings. The molecule has 3 aromatic heterocycles. The Morgan fingerprint density at radius 2 is 2.03 bits per heavy atom. The third kappa shape index (κ3) is 4.79. The van der Waals surface area contributed by atoms with Crippen LogP contribution < -0.4 is 25.8 Å². The van der Waals surface area contributed by atoms with Crippen LogP contribution in [0.3, 0.4) is 0 Å². The minimum absolute atomic E-state index is 0.00926. The second-order valence-corrected chi connectivity index (χ2v) is 8.93. The van der Waals surface area contributed by atoms with E-state index in [-0.39, 0.29) is 28.1 Å². The largest absolute Gasteiger partial charge is 0.493 e. The Hall–Kier alpha value is -4.18. The maximum Gasteiger partial charge on any atom is 0.267 e. The minimum Gasteiger partial charge on any atom is -0.493 e. The maximum atomic E-state index is 13.4. The summed E-state index contributed by atoms with van der Waals surface area (Å²) in [6.45, 7) is 1.37. The van der Waals surface area contributed by atoms with Crippen molar-refractivity contribution in [1.82, 2.24) is 19.3 Å². The van der Waals surface area contributed by atoms with Crippen molar-refractivity contribution in [3.63, 3.8) is 0 Å². The Morgan fingerprint density at radius 3 is 2.78 bits per heavy atom. The van der Waals surface area contributed by atoms with Crippen molar-refractivity contribution >= 4 is 22.6 Å². The van der Waals surface area contributed by atoms with Gasteiger partial charge < -0.3 is 24.1 Å². The molecule has 0 bridgehead atoms. The quantitative estimate of drug-likeness (QED) is 0.356. The van der Waals surface area contributed by atoms with Crippen LogP contribution in [0.4, 0.5) is 0 Å². The summed E-state index contributed by atoms with van der Waals surface area (Å²) in [5.74, 6) is 0.807. The smallest absolute Gasteiger partial charge is 0.267 e. The number of carbonyl (C=O) groups excluding carboxylic acids is 1. The van der Waals surface area contributed by atoms with E-state index in [1.54, 1.807) is 43.2 Å². The van der Waals surface area contributed by atoms with Crippen LogP contribution in [0.15, 0.2) is 53.5 Å². The van der Waals surface area contributed by atoms with Gasteiger partial charge in [0.2, 0.25) is 0 Å². The van der Waals surface area contributed by atoms with Crippen molar-refractivity contribution in [2.45, 2.75) is 31.9 Å². The van der Waals surface area contributed by atoms with Crippen molar-refractivity contribution in [1.29, 1.82) is 5.41 Å². The predicted molar refractivity (Wildman–Crippen MR) is 137 cm³/mol. The van der Waals surface area contributed by atoms with Crippen LogP contribution in [0.5, 0.6) is 11.5 Å². The zero-order valence-corrected chi connectivity index (χ0v) is 20.8. The number of benzene rings is 1. The van der Waals surface area contributed by atoms with E-state index in [1.807, 2.05) is 18.2 Å². The lowest BCUT2D eigenvalue weighted by atomic mass is 10.1. The number of nitrogens with zero attached hydrogens (tertiary/aromatic N) is 3. The van der Waals surface area contributed by atoms with Gasteiger partial charge in [-0.05, 0) is 55.2 Å². The topological polar surface area (TPSA) is 120 Å². The number of fused-ring (bicyclic) bond motifs is 2. The fourth-order valence-corrected chi connectivity index (χ4v) is 4.66. The van der Waals surface area contributed by atoms with Crippen LogP contribution >= 0.6 is 0 Å². The molecule has 10 heteroatoms. The molecule has 10 nitrogen and oxygen atoms in total. The fraction of sp³-hybridized carbons (Fsp3) is 0.333. The van der Waals surface area contributed by atoms with Gasteiger partial charge >= 0.3 is 0 Å². The monoisotopic (exact) mass is 503 g/mol. The first-order valence-corrected chi connectivity index (χ1v) is 12.2. The van der Waals surface area contributed by atoms with Crippen molar-refractivity contribution in [2.24, 2.45) is 0 Å². The molecule has 0 saturated carbocycles. The second-order valence-electron chi connectivity index (χ2n) is 8.93. The summed E-state index contributed by atoms with van der Waals surface area (Å²) in [6, 6.07) is 12.4. The molecule has 0 unspecified atom stereocenters. The van der Waals surface area contributed by atoms with E-state index in [0.717, 1.165) is 18.4 Å². The van der Waals surface area contributed by atoms with E-state index in [0.29, 0.717) is 48.9 Å².